The Kier molecular flexibility index (Phi) is 4.32. The molecule has 1 aliphatic rings. The van der Waals surface area contributed by atoms with Crippen LogP contribution in [0.15, 0.2) is 42.5 Å². The lowest BCUT2D eigenvalue weighted by molar-refractivity contribution is -0.137. The number of carbonyl (C=O) groups excluding carboxylic acids is 1. The summed E-state index contributed by atoms with van der Waals surface area (Å²) in [5.41, 5.74) is 1.91. The van der Waals surface area contributed by atoms with Crippen molar-refractivity contribution in [3.05, 3.63) is 64.7 Å². The maximum absolute atomic E-state index is 12.6. The third-order valence-electron chi connectivity index (χ3n) is 4.18. The number of hydrogen-bond acceptors (Lipinski definition) is 2. The Hall–Kier alpha value is -2.34. The molecule has 0 radical (unpaired) electrons. The number of alkyl halides is 3. The second kappa shape index (κ2) is 6.28. The normalized spacial score (nSPS) is 17.2. The Morgan fingerprint density at radius 3 is 2.50 bits per heavy atom. The molecule has 3 nitrogen and oxygen atoms in total. The molecule has 24 heavy (non-hydrogen) atoms. The monoisotopic (exact) mass is 335 g/mol. The van der Waals surface area contributed by atoms with Gasteiger partial charge in [-0.2, -0.15) is 13.2 Å². The minimum Gasteiger partial charge on any atom is -0.393 e. The first kappa shape index (κ1) is 16.5. The van der Waals surface area contributed by atoms with Crippen LogP contribution in [0.3, 0.4) is 0 Å². The van der Waals surface area contributed by atoms with Crippen LogP contribution in [-0.4, -0.2) is 17.1 Å². The average Bonchev–Trinajstić information content (AvgIpc) is 2.54. The zero-order valence-corrected chi connectivity index (χ0v) is 12.7. The van der Waals surface area contributed by atoms with E-state index < -0.39 is 23.8 Å². The van der Waals surface area contributed by atoms with Gasteiger partial charge in [0.2, 0.25) is 0 Å². The van der Waals surface area contributed by atoms with Crippen LogP contribution in [0.4, 0.5) is 18.9 Å². The summed E-state index contributed by atoms with van der Waals surface area (Å²) in [6, 6.07) is 9.59. The number of aliphatic hydroxyl groups excluding tert-OH is 1. The number of hydrogen-bond donors (Lipinski definition) is 2. The molecule has 1 atom stereocenters. The van der Waals surface area contributed by atoms with Gasteiger partial charge < -0.3 is 10.4 Å². The fourth-order valence-corrected chi connectivity index (χ4v) is 2.89. The minimum atomic E-state index is -4.43. The van der Waals surface area contributed by atoms with Crippen molar-refractivity contribution in [2.24, 2.45) is 0 Å². The van der Waals surface area contributed by atoms with Gasteiger partial charge in [-0.3, -0.25) is 4.79 Å². The summed E-state index contributed by atoms with van der Waals surface area (Å²) >= 11 is 0. The molecule has 0 fully saturated rings. The smallest absolute Gasteiger partial charge is 0.393 e. The maximum atomic E-state index is 12.6. The predicted molar refractivity (Wildman–Crippen MR) is 83.9 cm³/mol. The van der Waals surface area contributed by atoms with E-state index in [1.165, 1.54) is 0 Å². The highest BCUT2D eigenvalue weighted by atomic mass is 19.4. The quantitative estimate of drug-likeness (QED) is 0.877. The van der Waals surface area contributed by atoms with Crippen molar-refractivity contribution in [3.63, 3.8) is 0 Å². The number of anilines is 1. The van der Waals surface area contributed by atoms with E-state index in [-0.39, 0.29) is 5.56 Å². The Labute approximate surface area is 137 Å². The van der Waals surface area contributed by atoms with E-state index in [1.54, 1.807) is 6.07 Å². The van der Waals surface area contributed by atoms with E-state index in [4.69, 9.17) is 0 Å². The molecule has 6 heteroatoms. The third kappa shape index (κ3) is 3.43. The van der Waals surface area contributed by atoms with Crippen LogP contribution in [0.2, 0.25) is 0 Å². The van der Waals surface area contributed by atoms with Gasteiger partial charge in [0.25, 0.3) is 5.91 Å². The fourth-order valence-electron chi connectivity index (χ4n) is 2.89. The Balaban J connectivity index is 1.81. The maximum Gasteiger partial charge on any atom is 0.416 e. The van der Waals surface area contributed by atoms with Crippen LogP contribution in [0, 0.1) is 0 Å². The van der Waals surface area contributed by atoms with E-state index in [0.717, 1.165) is 41.8 Å². The number of carbonyl (C=O) groups is 1. The van der Waals surface area contributed by atoms with Gasteiger partial charge in [-0.1, -0.05) is 12.1 Å². The Morgan fingerprint density at radius 2 is 1.83 bits per heavy atom. The van der Waals surface area contributed by atoms with Crippen LogP contribution in [0.25, 0.3) is 0 Å². The summed E-state index contributed by atoms with van der Waals surface area (Å²) in [4.78, 5) is 12.3. The number of nitrogens with one attached hydrogen (secondary N) is 1. The van der Waals surface area contributed by atoms with Crippen molar-refractivity contribution in [2.75, 3.05) is 5.32 Å². The minimum absolute atomic E-state index is 0.150. The van der Waals surface area contributed by atoms with Crippen LogP contribution in [0.1, 0.15) is 33.5 Å². The number of aliphatic hydroxyl groups is 1. The summed E-state index contributed by atoms with van der Waals surface area (Å²) < 4.78 is 37.7. The molecule has 2 aromatic rings. The predicted octanol–water partition coefficient (Wildman–Crippen LogP) is 3.81. The molecule has 0 saturated carbocycles. The van der Waals surface area contributed by atoms with Gasteiger partial charge in [0.1, 0.15) is 0 Å². The van der Waals surface area contributed by atoms with Crippen LogP contribution in [0.5, 0.6) is 0 Å². The zero-order chi connectivity index (χ0) is 17.3. The lowest BCUT2D eigenvalue weighted by atomic mass is 9.88. The van der Waals surface area contributed by atoms with E-state index >= 15 is 0 Å². The van der Waals surface area contributed by atoms with E-state index in [0.29, 0.717) is 18.5 Å². The fraction of sp³-hybridized carbons (Fsp3) is 0.278. The topological polar surface area (TPSA) is 49.3 Å². The molecular weight excluding hydrogens is 319 g/mol. The number of fused-ring (bicyclic) bond motifs is 1. The summed E-state index contributed by atoms with van der Waals surface area (Å²) in [7, 11) is 0. The molecule has 2 aromatic carbocycles. The SMILES string of the molecule is O=C(Nc1cccc2c1CC(O)CC2)c1ccc(C(F)(F)F)cc1. The van der Waals surface area contributed by atoms with Gasteiger partial charge in [-0.25, -0.2) is 0 Å². The molecule has 1 aliphatic carbocycles. The van der Waals surface area contributed by atoms with Gasteiger partial charge in [0, 0.05) is 17.7 Å². The molecule has 0 saturated heterocycles. The van der Waals surface area contributed by atoms with E-state index in [1.807, 2.05) is 12.1 Å². The van der Waals surface area contributed by atoms with Crippen LogP contribution >= 0.6 is 0 Å². The first-order chi connectivity index (χ1) is 11.3. The molecule has 0 aliphatic heterocycles. The molecule has 3 rings (SSSR count). The molecule has 0 spiro atoms. The molecule has 0 heterocycles. The second-order valence-electron chi connectivity index (χ2n) is 5.87. The van der Waals surface area contributed by atoms with Gasteiger partial charge in [0.05, 0.1) is 11.7 Å². The standard InChI is InChI=1S/C18H16F3NO2/c19-18(20,21)13-7-4-12(5-8-13)17(24)22-16-3-1-2-11-6-9-14(23)10-15(11)16/h1-5,7-8,14,23H,6,9-10H2,(H,22,24). The zero-order valence-electron chi connectivity index (χ0n) is 12.7. The Bertz CT molecular complexity index is 754. The van der Waals surface area contributed by atoms with Gasteiger partial charge in [-0.05, 0) is 54.3 Å². The van der Waals surface area contributed by atoms with Gasteiger partial charge in [0.15, 0.2) is 0 Å². The number of halogens is 3. The number of amides is 1. The van der Waals surface area contributed by atoms with Crippen molar-refractivity contribution in [1.29, 1.82) is 0 Å². The summed E-state index contributed by atoms with van der Waals surface area (Å²) in [5.74, 6) is -0.475. The highest BCUT2D eigenvalue weighted by molar-refractivity contribution is 6.04. The lowest BCUT2D eigenvalue weighted by Gasteiger charge is -2.23. The molecule has 126 valence electrons. The third-order valence-corrected chi connectivity index (χ3v) is 4.18. The van der Waals surface area contributed by atoms with E-state index in [9.17, 15) is 23.1 Å². The van der Waals surface area contributed by atoms with Crippen molar-refractivity contribution in [1.82, 2.24) is 0 Å². The van der Waals surface area contributed by atoms with Crippen LogP contribution < -0.4 is 5.32 Å². The highest BCUT2D eigenvalue weighted by Gasteiger charge is 2.30. The number of rotatable bonds is 2. The van der Waals surface area contributed by atoms with Gasteiger partial charge >= 0.3 is 6.18 Å². The second-order valence-corrected chi connectivity index (χ2v) is 5.87. The summed E-state index contributed by atoms with van der Waals surface area (Å²) in [5, 5.41) is 12.6. The molecule has 1 amide bonds. The van der Waals surface area contributed by atoms with Crippen molar-refractivity contribution in [2.45, 2.75) is 31.5 Å². The largest absolute Gasteiger partial charge is 0.416 e. The average molecular weight is 335 g/mol. The van der Waals surface area contributed by atoms with Crippen molar-refractivity contribution in [3.8, 4) is 0 Å². The number of aryl methyl sites for hydroxylation is 1. The Morgan fingerprint density at radius 1 is 1.12 bits per heavy atom. The van der Waals surface area contributed by atoms with Gasteiger partial charge in [-0.15, -0.1) is 0 Å². The summed E-state index contributed by atoms with van der Waals surface area (Å²) in [6.07, 6.45) is -2.99. The molecule has 0 aromatic heterocycles. The number of benzene rings is 2. The van der Waals surface area contributed by atoms with Crippen LogP contribution in [-0.2, 0) is 19.0 Å². The first-order valence-corrected chi connectivity index (χ1v) is 7.62. The molecule has 2 N–H and O–H groups in total. The van der Waals surface area contributed by atoms with E-state index in [2.05, 4.69) is 5.32 Å². The molecule has 1 unspecified atom stereocenters. The van der Waals surface area contributed by atoms with Crippen molar-refractivity contribution < 1.29 is 23.1 Å². The summed E-state index contributed by atoms with van der Waals surface area (Å²) in [6.45, 7) is 0. The lowest BCUT2D eigenvalue weighted by Crippen LogP contribution is -2.21. The van der Waals surface area contributed by atoms with Crippen molar-refractivity contribution >= 4 is 11.6 Å². The molecule has 0 bridgehead atoms. The molecular formula is C18H16F3NO2. The first-order valence-electron chi connectivity index (χ1n) is 7.62. The highest BCUT2D eigenvalue weighted by Crippen LogP contribution is 2.30.